The number of benzene rings is 8. The zero-order chi connectivity index (χ0) is 34.2. The summed E-state index contributed by atoms with van der Waals surface area (Å²) < 4.78 is 8.16. The molecule has 0 spiro atoms. The van der Waals surface area contributed by atoms with Crippen molar-refractivity contribution in [2.24, 2.45) is 0 Å². The van der Waals surface area contributed by atoms with Gasteiger partial charge in [0.1, 0.15) is 16.0 Å². The summed E-state index contributed by atoms with van der Waals surface area (Å²) in [5, 5.41) is 9.08. The Morgan fingerprint density at radius 3 is 1.92 bits per heavy atom. The summed E-state index contributed by atoms with van der Waals surface area (Å²) in [6.07, 6.45) is 0. The van der Waals surface area contributed by atoms with E-state index < -0.39 is 0 Å². The molecule has 0 fully saturated rings. The van der Waals surface area contributed by atoms with Crippen molar-refractivity contribution in [1.29, 1.82) is 0 Å². The molecule has 0 aliphatic carbocycles. The molecular formula is C48H28N2OS. The van der Waals surface area contributed by atoms with Crippen LogP contribution in [0, 0.1) is 0 Å². The van der Waals surface area contributed by atoms with Crippen LogP contribution in [0.25, 0.3) is 109 Å². The smallest absolute Gasteiger partial charge is 0.161 e. The van der Waals surface area contributed by atoms with Gasteiger partial charge in [0.25, 0.3) is 0 Å². The molecule has 0 bridgehead atoms. The van der Waals surface area contributed by atoms with Gasteiger partial charge in [-0.2, -0.15) is 0 Å². The van der Waals surface area contributed by atoms with E-state index in [1.54, 1.807) is 11.3 Å². The van der Waals surface area contributed by atoms with Gasteiger partial charge in [-0.3, -0.25) is 0 Å². The third-order valence-electron chi connectivity index (χ3n) is 10.3. The van der Waals surface area contributed by atoms with Crippen LogP contribution in [-0.2, 0) is 0 Å². The largest absolute Gasteiger partial charge is 0.455 e. The number of furan rings is 1. The Morgan fingerprint density at radius 1 is 0.423 bits per heavy atom. The number of aromatic nitrogens is 2. The number of thiophene rings is 1. The van der Waals surface area contributed by atoms with E-state index in [2.05, 4.69) is 164 Å². The Bertz CT molecular complexity index is 3170. The Morgan fingerprint density at radius 2 is 1.08 bits per heavy atom. The summed E-state index contributed by atoms with van der Waals surface area (Å²) in [6.45, 7) is 0. The number of rotatable bonds is 4. The van der Waals surface area contributed by atoms with Gasteiger partial charge in [-0.15, -0.1) is 11.3 Å². The fourth-order valence-electron chi connectivity index (χ4n) is 7.82. The summed E-state index contributed by atoms with van der Waals surface area (Å²) in [7, 11) is 0. The Kier molecular flexibility index (Phi) is 6.42. The van der Waals surface area contributed by atoms with Crippen LogP contribution in [0.4, 0.5) is 0 Å². The van der Waals surface area contributed by atoms with Gasteiger partial charge in [0.2, 0.25) is 0 Å². The van der Waals surface area contributed by atoms with Gasteiger partial charge >= 0.3 is 0 Å². The average Bonchev–Trinajstić information content (AvgIpc) is 3.78. The van der Waals surface area contributed by atoms with Gasteiger partial charge in [0.05, 0.1) is 5.69 Å². The van der Waals surface area contributed by atoms with E-state index >= 15 is 0 Å². The van der Waals surface area contributed by atoms with Crippen LogP contribution in [0.5, 0.6) is 0 Å². The monoisotopic (exact) mass is 680 g/mol. The van der Waals surface area contributed by atoms with E-state index in [1.165, 1.54) is 26.4 Å². The molecule has 52 heavy (non-hydrogen) atoms. The first-order chi connectivity index (χ1) is 25.8. The molecular weight excluding hydrogens is 653 g/mol. The molecule has 0 aliphatic heterocycles. The average molecular weight is 681 g/mol. The molecule has 3 aromatic heterocycles. The molecule has 0 saturated heterocycles. The number of hydrogen-bond donors (Lipinski definition) is 0. The van der Waals surface area contributed by atoms with Crippen molar-refractivity contribution >= 4 is 75.1 Å². The molecule has 8 aromatic carbocycles. The Labute approximate surface area is 303 Å². The van der Waals surface area contributed by atoms with E-state index in [1.807, 2.05) is 6.07 Å². The van der Waals surface area contributed by atoms with Crippen LogP contribution >= 0.6 is 11.3 Å². The fraction of sp³-hybridized carbons (Fsp3) is 0. The minimum absolute atomic E-state index is 0.707. The maximum atomic E-state index is 6.97. The SMILES string of the molecule is c1ccc(-c2ccc(-c3nc(-c4ccc(-c5cccc6ccccc56)c5oc6cc7ccccc7cc6c45)c4c(n3)sc3ccccc34)cc2)cc1. The lowest BCUT2D eigenvalue weighted by atomic mass is 9.92. The van der Waals surface area contributed by atoms with Gasteiger partial charge in [-0.25, -0.2) is 9.97 Å². The summed E-state index contributed by atoms with van der Waals surface area (Å²) >= 11 is 1.72. The predicted octanol–water partition coefficient (Wildman–Crippen LogP) is 13.7. The highest BCUT2D eigenvalue weighted by molar-refractivity contribution is 7.25. The number of hydrogen-bond acceptors (Lipinski definition) is 4. The van der Waals surface area contributed by atoms with Gasteiger partial charge in [-0.1, -0.05) is 146 Å². The van der Waals surface area contributed by atoms with Crippen molar-refractivity contribution < 1.29 is 4.42 Å². The van der Waals surface area contributed by atoms with E-state index in [0.717, 1.165) is 76.4 Å². The van der Waals surface area contributed by atoms with E-state index in [0.29, 0.717) is 5.82 Å². The topological polar surface area (TPSA) is 38.9 Å². The highest BCUT2D eigenvalue weighted by atomic mass is 32.1. The number of fused-ring (bicyclic) bond motifs is 8. The molecule has 3 heterocycles. The summed E-state index contributed by atoms with van der Waals surface area (Å²) in [5.74, 6) is 0.707. The summed E-state index contributed by atoms with van der Waals surface area (Å²) in [4.78, 5) is 11.7. The molecule has 0 aliphatic rings. The predicted molar refractivity (Wildman–Crippen MR) is 219 cm³/mol. The van der Waals surface area contributed by atoms with Crippen molar-refractivity contribution in [3.63, 3.8) is 0 Å². The lowest BCUT2D eigenvalue weighted by Gasteiger charge is -2.12. The fourth-order valence-corrected chi connectivity index (χ4v) is 8.90. The second-order valence-electron chi connectivity index (χ2n) is 13.3. The van der Waals surface area contributed by atoms with Crippen molar-refractivity contribution in [2.45, 2.75) is 0 Å². The van der Waals surface area contributed by atoms with Crippen molar-refractivity contribution in [3.8, 4) is 44.9 Å². The van der Waals surface area contributed by atoms with E-state index in [4.69, 9.17) is 14.4 Å². The molecule has 242 valence electrons. The maximum absolute atomic E-state index is 6.97. The van der Waals surface area contributed by atoms with Crippen molar-refractivity contribution in [3.05, 3.63) is 170 Å². The lowest BCUT2D eigenvalue weighted by molar-refractivity contribution is 0.670. The molecule has 3 nitrogen and oxygen atoms in total. The second kappa shape index (κ2) is 11.5. The van der Waals surface area contributed by atoms with Gasteiger partial charge < -0.3 is 4.42 Å². The zero-order valence-electron chi connectivity index (χ0n) is 27.9. The van der Waals surface area contributed by atoms with Crippen molar-refractivity contribution in [2.75, 3.05) is 0 Å². The van der Waals surface area contributed by atoms with Crippen LogP contribution in [0.3, 0.4) is 0 Å². The zero-order valence-corrected chi connectivity index (χ0v) is 28.7. The first-order valence-electron chi connectivity index (χ1n) is 17.5. The van der Waals surface area contributed by atoms with Crippen LogP contribution in [0.15, 0.2) is 174 Å². The van der Waals surface area contributed by atoms with E-state index in [-0.39, 0.29) is 0 Å². The third kappa shape index (κ3) is 4.51. The normalized spacial score (nSPS) is 11.8. The molecule has 0 saturated carbocycles. The molecule has 0 atom stereocenters. The first kappa shape index (κ1) is 29.1. The second-order valence-corrected chi connectivity index (χ2v) is 14.3. The quantitative estimate of drug-likeness (QED) is 0.186. The molecule has 0 radical (unpaired) electrons. The van der Waals surface area contributed by atoms with Crippen LogP contribution in [0.2, 0.25) is 0 Å². The standard InChI is InChI=1S/C48H28N2OS/c1-2-11-29(12-3-1)30-21-23-32(24-22-30)47-49-45(44-38-18-8-9-20-42(38)52-48(44)50-47)39-26-25-37(36-19-10-16-31-13-6-7-17-35(31)36)46-43(39)40-27-33-14-4-5-15-34(33)28-41(40)51-46/h1-28H. The van der Waals surface area contributed by atoms with Crippen LogP contribution in [0.1, 0.15) is 0 Å². The Balaban J connectivity index is 1.23. The molecule has 0 N–H and O–H groups in total. The summed E-state index contributed by atoms with van der Waals surface area (Å²) in [5.41, 5.74) is 9.20. The molecule has 11 rings (SSSR count). The molecule has 4 heteroatoms. The molecule has 0 amide bonds. The summed E-state index contributed by atoms with van der Waals surface area (Å²) in [6, 6.07) is 60.1. The van der Waals surface area contributed by atoms with Gasteiger partial charge in [0, 0.05) is 42.9 Å². The third-order valence-corrected chi connectivity index (χ3v) is 11.4. The minimum Gasteiger partial charge on any atom is -0.455 e. The van der Waals surface area contributed by atoms with Crippen molar-refractivity contribution in [1.82, 2.24) is 9.97 Å². The number of nitrogens with zero attached hydrogens (tertiary/aromatic N) is 2. The van der Waals surface area contributed by atoms with Gasteiger partial charge in [0.15, 0.2) is 5.82 Å². The highest BCUT2D eigenvalue weighted by Gasteiger charge is 2.23. The minimum atomic E-state index is 0.707. The highest BCUT2D eigenvalue weighted by Crippen LogP contribution is 2.47. The maximum Gasteiger partial charge on any atom is 0.161 e. The van der Waals surface area contributed by atoms with Gasteiger partial charge in [-0.05, 0) is 62.5 Å². The lowest BCUT2D eigenvalue weighted by Crippen LogP contribution is -1.95. The molecule has 11 aromatic rings. The Hall–Kier alpha value is -6.62. The van der Waals surface area contributed by atoms with Crippen LogP contribution in [-0.4, -0.2) is 9.97 Å². The van der Waals surface area contributed by atoms with Crippen LogP contribution < -0.4 is 0 Å². The molecule has 0 unspecified atom stereocenters. The first-order valence-corrected chi connectivity index (χ1v) is 18.3. The van der Waals surface area contributed by atoms with E-state index in [9.17, 15) is 0 Å².